The Labute approximate surface area is 329 Å². The second kappa shape index (κ2) is 20.3. The van der Waals surface area contributed by atoms with Crippen molar-refractivity contribution in [2.45, 2.75) is 142 Å². The van der Waals surface area contributed by atoms with E-state index in [1.165, 1.54) is 17.5 Å². The van der Waals surface area contributed by atoms with Crippen LogP contribution >= 0.6 is 0 Å². The molecule has 308 valence electrons. The number of esters is 1. The lowest BCUT2D eigenvalue weighted by Crippen LogP contribution is -2.63. The summed E-state index contributed by atoms with van der Waals surface area (Å²) in [5, 5.41) is 34.4. The molecule has 0 bridgehead atoms. The van der Waals surface area contributed by atoms with Crippen molar-refractivity contribution in [1.82, 2.24) is 14.7 Å². The molecule has 0 amide bonds. The highest BCUT2D eigenvalue weighted by atomic mass is 16.7. The molecule has 12 atom stereocenters. The van der Waals surface area contributed by atoms with Crippen molar-refractivity contribution >= 4 is 11.8 Å². The number of benzene rings is 1. The number of ketones is 1. The van der Waals surface area contributed by atoms with Crippen molar-refractivity contribution in [3.05, 3.63) is 59.2 Å². The Balaban J connectivity index is 1.45. The summed E-state index contributed by atoms with van der Waals surface area (Å²) in [5.41, 5.74) is 3.53. The number of likely N-dealkylation sites (tertiary alicyclic amines) is 1. The van der Waals surface area contributed by atoms with E-state index in [2.05, 4.69) is 40.1 Å². The van der Waals surface area contributed by atoms with Crippen LogP contribution in [-0.4, -0.2) is 131 Å². The molecule has 0 aromatic heterocycles. The summed E-state index contributed by atoms with van der Waals surface area (Å²) in [6.45, 7) is 14.7. The molecule has 2 fully saturated rings. The fourth-order valence-corrected chi connectivity index (χ4v) is 9.22. The van der Waals surface area contributed by atoms with Crippen LogP contribution in [0.1, 0.15) is 90.7 Å². The highest BCUT2D eigenvalue weighted by molar-refractivity contribution is 5.91. The van der Waals surface area contributed by atoms with E-state index in [0.29, 0.717) is 25.8 Å². The molecule has 4 aliphatic heterocycles. The second-order valence-corrected chi connectivity index (χ2v) is 17.1. The number of carbonyl (C=O) groups excluding carboxylic acids is 2. The normalized spacial score (nSPS) is 38.0. The first-order valence-electron chi connectivity index (χ1n) is 20.9. The van der Waals surface area contributed by atoms with E-state index in [4.69, 9.17) is 14.2 Å². The minimum Gasteiger partial charge on any atom is -0.462 e. The fourth-order valence-electron chi connectivity index (χ4n) is 9.22. The van der Waals surface area contributed by atoms with Crippen LogP contribution in [0.25, 0.3) is 0 Å². The van der Waals surface area contributed by atoms with Crippen LogP contribution in [0.2, 0.25) is 0 Å². The highest BCUT2D eigenvalue weighted by Crippen LogP contribution is 2.35. The minimum atomic E-state index is -1.18. The number of hydrogen-bond acceptors (Lipinski definition) is 11. The molecule has 1 aromatic carbocycles. The van der Waals surface area contributed by atoms with Crippen molar-refractivity contribution in [2.75, 3.05) is 40.3 Å². The van der Waals surface area contributed by atoms with Crippen LogP contribution in [0.15, 0.2) is 48.1 Å². The number of hydrogen-bond donors (Lipinski definition) is 3. The van der Waals surface area contributed by atoms with Crippen LogP contribution in [0.5, 0.6) is 0 Å². The van der Waals surface area contributed by atoms with Gasteiger partial charge >= 0.3 is 5.97 Å². The smallest absolute Gasteiger partial charge is 0.308 e. The lowest BCUT2D eigenvalue weighted by molar-refractivity contribution is -0.304. The van der Waals surface area contributed by atoms with Gasteiger partial charge in [0, 0.05) is 37.4 Å². The lowest BCUT2D eigenvalue weighted by Gasteiger charge is -2.47. The predicted octanol–water partition coefficient (Wildman–Crippen LogP) is 4.71. The SMILES string of the molecule is CCC1OC(=O)CC(O)C(C)C(O[C@@H]2O[C@H](C)[C@@H](O)[C@H](N(C)C)[C@H]2O)C(CCN2CCCCC2)CC(C)C(=O)/C=C\C(C)=C\C1CN1Cc2ccccc2C1. The van der Waals surface area contributed by atoms with Crippen LogP contribution < -0.4 is 0 Å². The Morgan fingerprint density at radius 2 is 1.60 bits per heavy atom. The molecular weight excluding hydrogens is 698 g/mol. The number of fused-ring (bicyclic) bond motifs is 1. The molecule has 1 aromatic rings. The maximum Gasteiger partial charge on any atom is 0.308 e. The maximum absolute atomic E-state index is 13.9. The summed E-state index contributed by atoms with van der Waals surface area (Å²) in [6, 6.07) is 7.80. The third kappa shape index (κ3) is 11.6. The van der Waals surface area contributed by atoms with Gasteiger partial charge in [0.1, 0.15) is 12.2 Å². The molecule has 11 heteroatoms. The Morgan fingerprint density at radius 3 is 2.24 bits per heavy atom. The number of carbonyl (C=O) groups is 2. The molecule has 4 heterocycles. The van der Waals surface area contributed by atoms with E-state index in [0.717, 1.165) is 51.1 Å². The molecule has 0 spiro atoms. The average molecular weight is 768 g/mol. The van der Waals surface area contributed by atoms with E-state index in [9.17, 15) is 24.9 Å². The Kier molecular flexibility index (Phi) is 16.1. The van der Waals surface area contributed by atoms with Gasteiger partial charge in [-0.2, -0.15) is 0 Å². The molecule has 11 nitrogen and oxygen atoms in total. The van der Waals surface area contributed by atoms with E-state index in [1.54, 1.807) is 32.0 Å². The largest absolute Gasteiger partial charge is 0.462 e. The third-order valence-electron chi connectivity index (χ3n) is 12.6. The maximum atomic E-state index is 13.9. The van der Waals surface area contributed by atoms with E-state index in [1.807, 2.05) is 33.8 Å². The van der Waals surface area contributed by atoms with Gasteiger partial charge in [0.15, 0.2) is 12.1 Å². The van der Waals surface area contributed by atoms with Crippen molar-refractivity contribution in [2.24, 2.45) is 23.7 Å². The molecule has 0 saturated carbocycles. The molecule has 0 aliphatic carbocycles. The third-order valence-corrected chi connectivity index (χ3v) is 12.6. The summed E-state index contributed by atoms with van der Waals surface area (Å²) in [5.74, 6) is -1.74. The van der Waals surface area contributed by atoms with Crippen molar-refractivity contribution in [3.63, 3.8) is 0 Å². The van der Waals surface area contributed by atoms with Crippen molar-refractivity contribution in [1.29, 1.82) is 0 Å². The quantitative estimate of drug-likeness (QED) is 0.302. The summed E-state index contributed by atoms with van der Waals surface area (Å²) in [4.78, 5) is 34.2. The number of rotatable bonds is 9. The summed E-state index contributed by atoms with van der Waals surface area (Å²) in [6.07, 6.45) is 4.67. The number of allylic oxidation sites excluding steroid dienone is 3. The number of ether oxygens (including phenoxy) is 3. The Hall–Kier alpha value is -2.48. The average Bonchev–Trinajstić information content (AvgIpc) is 3.57. The number of cyclic esters (lactones) is 1. The van der Waals surface area contributed by atoms with Gasteiger partial charge in [-0.05, 0) is 103 Å². The number of piperidine rings is 1. The number of nitrogens with zero attached hydrogens (tertiary/aromatic N) is 3. The standard InChI is InChI=1S/C44H69N3O8/c1-8-38-35(27-47-25-33-14-10-11-15-34(33)26-47)22-28(2)16-17-36(48)29(3)23-32(18-21-46-19-12-9-13-20-46)43(30(4)37(49)24-39(50)54-38)55-44-42(52)40(45(6)7)41(51)31(5)53-44/h10-11,14-17,22,29-32,35,37-38,40-44,49,51-52H,8-9,12-13,18-21,23-27H2,1-7H3/b17-16-,28-22+/t29?,30?,31-,32?,35?,37?,38?,40+,41-,42-,43?,44+/m1/s1. The predicted molar refractivity (Wildman–Crippen MR) is 213 cm³/mol. The van der Waals surface area contributed by atoms with Gasteiger partial charge in [-0.1, -0.05) is 69.2 Å². The summed E-state index contributed by atoms with van der Waals surface area (Å²) >= 11 is 0. The first kappa shape index (κ1) is 43.6. The first-order chi connectivity index (χ1) is 26.2. The van der Waals surface area contributed by atoms with Crippen LogP contribution in [0.3, 0.4) is 0 Å². The molecule has 2 saturated heterocycles. The van der Waals surface area contributed by atoms with Gasteiger partial charge in [-0.15, -0.1) is 0 Å². The summed E-state index contributed by atoms with van der Waals surface area (Å²) in [7, 11) is 3.60. The molecule has 3 N–H and O–H groups in total. The molecule has 4 aliphatic rings. The fraction of sp³-hybridized carbons (Fsp3) is 0.727. The molecule has 5 rings (SSSR count). The Morgan fingerprint density at radius 1 is 0.927 bits per heavy atom. The van der Waals surface area contributed by atoms with Crippen LogP contribution in [-0.2, 0) is 36.9 Å². The zero-order valence-corrected chi connectivity index (χ0v) is 34.4. The Bertz CT molecular complexity index is 1440. The number of aliphatic hydroxyl groups excluding tert-OH is 3. The van der Waals surface area contributed by atoms with Gasteiger partial charge in [0.2, 0.25) is 0 Å². The van der Waals surface area contributed by atoms with Gasteiger partial charge in [0.25, 0.3) is 0 Å². The second-order valence-electron chi connectivity index (χ2n) is 17.1. The monoisotopic (exact) mass is 768 g/mol. The summed E-state index contributed by atoms with van der Waals surface area (Å²) < 4.78 is 19.2. The van der Waals surface area contributed by atoms with Gasteiger partial charge in [-0.3, -0.25) is 14.5 Å². The van der Waals surface area contributed by atoms with Crippen molar-refractivity contribution < 1.29 is 39.1 Å². The van der Waals surface area contributed by atoms with Gasteiger partial charge in [0.05, 0.1) is 36.9 Å². The van der Waals surface area contributed by atoms with E-state index < -0.39 is 60.8 Å². The molecule has 7 unspecified atom stereocenters. The molecule has 0 radical (unpaired) electrons. The number of likely N-dealkylation sites (N-methyl/N-ethyl adjacent to an activating group) is 1. The topological polar surface area (TPSA) is 132 Å². The van der Waals surface area contributed by atoms with Gasteiger partial charge < -0.3 is 39.3 Å². The zero-order valence-electron chi connectivity index (χ0n) is 34.4. The molecular formula is C44H69N3O8. The molecule has 55 heavy (non-hydrogen) atoms. The van der Waals surface area contributed by atoms with Gasteiger partial charge in [-0.25, -0.2) is 0 Å². The van der Waals surface area contributed by atoms with Crippen LogP contribution in [0, 0.1) is 23.7 Å². The van der Waals surface area contributed by atoms with E-state index >= 15 is 0 Å². The van der Waals surface area contributed by atoms with Crippen molar-refractivity contribution in [3.8, 4) is 0 Å². The zero-order chi connectivity index (χ0) is 39.8. The lowest BCUT2D eigenvalue weighted by atomic mass is 9.79. The number of aliphatic hydroxyl groups is 3. The van der Waals surface area contributed by atoms with Crippen LogP contribution in [0.4, 0.5) is 0 Å². The minimum absolute atomic E-state index is 0.0122. The first-order valence-corrected chi connectivity index (χ1v) is 20.9. The highest BCUT2D eigenvalue weighted by Gasteiger charge is 2.47. The van der Waals surface area contributed by atoms with E-state index in [-0.39, 0.29) is 30.0 Å².